The largest absolute Gasteiger partial charge is 0.497 e. The van der Waals surface area contributed by atoms with Crippen LogP contribution in [0.25, 0.3) is 0 Å². The van der Waals surface area contributed by atoms with E-state index in [0.717, 1.165) is 22.6 Å². The third-order valence-corrected chi connectivity index (χ3v) is 2.76. The van der Waals surface area contributed by atoms with E-state index in [4.69, 9.17) is 10.1 Å². The fourth-order valence-electron chi connectivity index (χ4n) is 1.64. The minimum atomic E-state index is 0.328. The lowest BCUT2D eigenvalue weighted by molar-refractivity contribution is 0.414. The van der Waals surface area contributed by atoms with E-state index >= 15 is 0 Å². The molecular weight excluding hydrogens is 228 g/mol. The Morgan fingerprint density at radius 3 is 2.67 bits per heavy atom. The molecule has 0 saturated heterocycles. The molecule has 18 heavy (non-hydrogen) atoms. The van der Waals surface area contributed by atoms with Gasteiger partial charge in [-0.15, -0.1) is 0 Å². The van der Waals surface area contributed by atoms with Gasteiger partial charge in [0, 0.05) is 12.2 Å². The van der Waals surface area contributed by atoms with Crippen molar-refractivity contribution in [1.82, 2.24) is 10.7 Å². The predicted octanol–water partition coefficient (Wildman–Crippen LogP) is 1.63. The van der Waals surface area contributed by atoms with Crippen molar-refractivity contribution in [3.8, 4) is 5.75 Å². The zero-order valence-electron chi connectivity index (χ0n) is 10.4. The number of benzene rings is 1. The number of nitrogens with zero attached hydrogens (tertiary/aromatic N) is 1. The minimum Gasteiger partial charge on any atom is -0.497 e. The Hall–Kier alpha value is -2.30. The monoisotopic (exact) mass is 244 g/mol. The molecular formula is C13H16N4O. The minimum absolute atomic E-state index is 0.328. The highest BCUT2D eigenvalue weighted by Gasteiger charge is 2.11. The normalized spacial score (nSPS) is 16.4. The van der Waals surface area contributed by atoms with Gasteiger partial charge in [-0.05, 0) is 24.6 Å². The van der Waals surface area contributed by atoms with Crippen LogP contribution in [0.5, 0.6) is 5.75 Å². The lowest BCUT2D eigenvalue weighted by atomic mass is 10.2. The van der Waals surface area contributed by atoms with Crippen LogP contribution in [0, 0.1) is 5.41 Å². The predicted molar refractivity (Wildman–Crippen MR) is 71.9 cm³/mol. The molecule has 1 aliphatic rings. The summed E-state index contributed by atoms with van der Waals surface area (Å²) >= 11 is 0. The molecule has 1 heterocycles. The molecule has 1 aliphatic heterocycles. The summed E-state index contributed by atoms with van der Waals surface area (Å²) < 4.78 is 5.11. The Labute approximate surface area is 106 Å². The van der Waals surface area contributed by atoms with Gasteiger partial charge in [-0.2, -0.15) is 5.10 Å². The van der Waals surface area contributed by atoms with Crippen molar-refractivity contribution in [2.24, 2.45) is 5.10 Å². The van der Waals surface area contributed by atoms with Gasteiger partial charge in [0.1, 0.15) is 11.6 Å². The molecule has 5 nitrogen and oxygen atoms in total. The molecule has 1 aromatic rings. The molecule has 94 valence electrons. The molecule has 5 heteroatoms. The molecule has 0 unspecified atom stereocenters. The summed E-state index contributed by atoms with van der Waals surface area (Å²) in [5.41, 5.74) is 5.49. The second-order valence-corrected chi connectivity index (χ2v) is 3.99. The van der Waals surface area contributed by atoms with Gasteiger partial charge in [0.05, 0.1) is 18.9 Å². The number of rotatable bonds is 4. The number of hydrazone groups is 1. The summed E-state index contributed by atoms with van der Waals surface area (Å²) in [6, 6.07) is 7.88. The standard InChI is InChI=1S/C13H16N4O/c1-9(12-8-16-17-13(12)14)15-7-10-3-5-11(18-2)6-4-10/h3-6,8,15H,7H2,1-2H3,(H2,14,17)/b12-9+. The van der Waals surface area contributed by atoms with E-state index in [-0.39, 0.29) is 0 Å². The summed E-state index contributed by atoms with van der Waals surface area (Å²) in [6.45, 7) is 2.65. The van der Waals surface area contributed by atoms with Gasteiger partial charge in [-0.1, -0.05) is 12.1 Å². The summed E-state index contributed by atoms with van der Waals surface area (Å²) in [4.78, 5) is 0. The SMILES string of the molecule is COc1ccc(CN/C(C)=C2\C=NNC2=N)cc1. The van der Waals surface area contributed by atoms with E-state index in [9.17, 15) is 0 Å². The molecule has 0 spiro atoms. The molecule has 1 aromatic carbocycles. The van der Waals surface area contributed by atoms with Crippen LogP contribution in [0.4, 0.5) is 0 Å². The Kier molecular flexibility index (Phi) is 3.62. The first-order valence-corrected chi connectivity index (χ1v) is 5.66. The quantitative estimate of drug-likeness (QED) is 0.754. The average molecular weight is 244 g/mol. The van der Waals surface area contributed by atoms with Gasteiger partial charge in [-0.25, -0.2) is 0 Å². The highest BCUT2D eigenvalue weighted by atomic mass is 16.5. The molecule has 0 atom stereocenters. The van der Waals surface area contributed by atoms with Crippen molar-refractivity contribution in [2.45, 2.75) is 13.5 Å². The zero-order valence-corrected chi connectivity index (χ0v) is 10.4. The van der Waals surface area contributed by atoms with Crippen LogP contribution in [0.3, 0.4) is 0 Å². The maximum absolute atomic E-state index is 7.62. The first kappa shape index (κ1) is 12.2. The van der Waals surface area contributed by atoms with E-state index in [0.29, 0.717) is 12.4 Å². The van der Waals surface area contributed by atoms with E-state index in [1.54, 1.807) is 13.3 Å². The summed E-state index contributed by atoms with van der Waals surface area (Å²) in [5.74, 6) is 1.18. The Balaban J connectivity index is 1.98. The van der Waals surface area contributed by atoms with Crippen molar-refractivity contribution < 1.29 is 4.74 Å². The van der Waals surface area contributed by atoms with Crippen molar-refractivity contribution in [3.63, 3.8) is 0 Å². The number of amidine groups is 1. The first-order valence-electron chi connectivity index (χ1n) is 5.66. The van der Waals surface area contributed by atoms with Gasteiger partial charge in [0.25, 0.3) is 0 Å². The number of allylic oxidation sites excluding steroid dienone is 1. The fourth-order valence-corrected chi connectivity index (χ4v) is 1.64. The highest BCUT2D eigenvalue weighted by molar-refractivity contribution is 6.17. The van der Waals surface area contributed by atoms with Crippen molar-refractivity contribution in [1.29, 1.82) is 5.41 Å². The number of nitrogens with one attached hydrogen (secondary N) is 3. The molecule has 0 amide bonds. The Morgan fingerprint density at radius 2 is 2.11 bits per heavy atom. The van der Waals surface area contributed by atoms with Crippen molar-refractivity contribution in [2.75, 3.05) is 7.11 Å². The molecule has 0 aliphatic carbocycles. The van der Waals surface area contributed by atoms with Crippen molar-refractivity contribution in [3.05, 3.63) is 41.1 Å². The third kappa shape index (κ3) is 2.68. The maximum atomic E-state index is 7.62. The molecule has 3 N–H and O–H groups in total. The van der Waals surface area contributed by atoms with Crippen LogP contribution in [0.1, 0.15) is 12.5 Å². The van der Waals surface area contributed by atoms with E-state index < -0.39 is 0 Å². The van der Waals surface area contributed by atoms with Crippen LogP contribution in [-0.2, 0) is 6.54 Å². The molecule has 0 saturated carbocycles. The third-order valence-electron chi connectivity index (χ3n) is 2.76. The smallest absolute Gasteiger partial charge is 0.149 e. The lowest BCUT2D eigenvalue weighted by Crippen LogP contribution is -2.18. The molecule has 0 fully saturated rings. The zero-order chi connectivity index (χ0) is 13.0. The molecule has 2 rings (SSSR count). The second-order valence-electron chi connectivity index (χ2n) is 3.99. The van der Waals surface area contributed by atoms with Gasteiger partial charge in [-0.3, -0.25) is 10.8 Å². The number of hydrogen-bond acceptors (Lipinski definition) is 4. The fraction of sp³-hybridized carbons (Fsp3) is 0.231. The molecule has 0 bridgehead atoms. The van der Waals surface area contributed by atoms with Crippen molar-refractivity contribution >= 4 is 12.1 Å². The van der Waals surface area contributed by atoms with Crippen LogP contribution >= 0.6 is 0 Å². The maximum Gasteiger partial charge on any atom is 0.149 e. The van der Waals surface area contributed by atoms with Gasteiger partial charge < -0.3 is 10.1 Å². The topological polar surface area (TPSA) is 69.5 Å². The summed E-state index contributed by atoms with van der Waals surface area (Å²) in [6.07, 6.45) is 1.65. The highest BCUT2D eigenvalue weighted by Crippen LogP contribution is 2.12. The second kappa shape index (κ2) is 5.35. The van der Waals surface area contributed by atoms with Crippen LogP contribution in [0.2, 0.25) is 0 Å². The van der Waals surface area contributed by atoms with Gasteiger partial charge >= 0.3 is 0 Å². The van der Waals surface area contributed by atoms with E-state index in [1.807, 2.05) is 31.2 Å². The molecule has 0 aromatic heterocycles. The van der Waals surface area contributed by atoms with Crippen LogP contribution in [-0.4, -0.2) is 19.2 Å². The van der Waals surface area contributed by atoms with Gasteiger partial charge in [0.15, 0.2) is 0 Å². The summed E-state index contributed by atoms with van der Waals surface area (Å²) in [7, 11) is 1.65. The number of ether oxygens (including phenoxy) is 1. The average Bonchev–Trinajstić information content (AvgIpc) is 2.83. The van der Waals surface area contributed by atoms with E-state index in [1.165, 1.54) is 0 Å². The number of hydrogen-bond donors (Lipinski definition) is 3. The van der Waals surface area contributed by atoms with Gasteiger partial charge in [0.2, 0.25) is 0 Å². The van der Waals surface area contributed by atoms with Crippen LogP contribution < -0.4 is 15.5 Å². The number of methoxy groups -OCH3 is 1. The van der Waals surface area contributed by atoms with E-state index in [2.05, 4.69) is 15.8 Å². The van der Waals surface area contributed by atoms with Crippen LogP contribution in [0.15, 0.2) is 40.6 Å². The lowest BCUT2D eigenvalue weighted by Gasteiger charge is -2.09. The summed E-state index contributed by atoms with van der Waals surface area (Å²) in [5, 5.41) is 14.7. The Morgan fingerprint density at radius 1 is 1.39 bits per heavy atom. The molecule has 0 radical (unpaired) electrons. The Bertz CT molecular complexity index is 502. The first-order chi connectivity index (χ1) is 8.70.